The Morgan fingerprint density at radius 1 is 1.17 bits per heavy atom. The monoisotopic (exact) mass is 400 g/mol. The number of alkyl carbamates (subject to hydrolysis) is 1. The topological polar surface area (TPSA) is 93.8 Å². The normalized spacial score (nSPS) is 12.5. The number of aliphatic hydroxyl groups is 1. The van der Waals surface area contributed by atoms with Crippen molar-refractivity contribution in [3.63, 3.8) is 0 Å². The molecule has 0 saturated carbocycles. The quantitative estimate of drug-likeness (QED) is 0.599. The van der Waals surface area contributed by atoms with E-state index in [1.807, 2.05) is 45.0 Å². The lowest BCUT2D eigenvalue weighted by molar-refractivity contribution is 0.0523. The summed E-state index contributed by atoms with van der Waals surface area (Å²) < 4.78 is 11.0. The van der Waals surface area contributed by atoms with Crippen LogP contribution >= 0.6 is 0 Å². The van der Waals surface area contributed by atoms with Gasteiger partial charge in [0.1, 0.15) is 17.5 Å². The first-order valence-electron chi connectivity index (χ1n) is 9.81. The Balaban J connectivity index is 2.11. The van der Waals surface area contributed by atoms with Crippen LogP contribution in [0.15, 0.2) is 42.5 Å². The van der Waals surface area contributed by atoms with Crippen LogP contribution in [0.3, 0.4) is 0 Å². The van der Waals surface area contributed by atoms with E-state index in [1.54, 1.807) is 18.2 Å². The van der Waals surface area contributed by atoms with Gasteiger partial charge in [0.05, 0.1) is 6.61 Å². The van der Waals surface area contributed by atoms with Gasteiger partial charge in [0.15, 0.2) is 0 Å². The Morgan fingerprint density at radius 3 is 2.55 bits per heavy atom. The highest BCUT2D eigenvalue weighted by atomic mass is 16.6. The summed E-state index contributed by atoms with van der Waals surface area (Å²) >= 11 is 0. The highest BCUT2D eigenvalue weighted by Crippen LogP contribution is 2.30. The fraction of sp³-hybridized carbons (Fsp3) is 0.435. The average Bonchev–Trinajstić information content (AvgIpc) is 2.64. The Kier molecular flexibility index (Phi) is 7.51. The number of carbonyl (C=O) groups excluding carboxylic acids is 1. The first kappa shape index (κ1) is 22.6. The minimum absolute atomic E-state index is 0.294. The molecular weight excluding hydrogens is 368 g/mol. The average molecular weight is 401 g/mol. The zero-order chi connectivity index (χ0) is 21.6. The molecule has 4 N–H and O–H groups in total. The second-order valence-electron chi connectivity index (χ2n) is 8.50. The zero-order valence-electron chi connectivity index (χ0n) is 17.9. The molecule has 6 heteroatoms. The number of nitrogens with two attached hydrogens (primary N) is 1. The standard InChI is InChI=1S/C23H32N2O4/c1-15(2)14-28-18-9-10-20(24)19(12-18)21(26)17-8-6-7-16(11-17)13-25-22(27)29-23(3,4)5/h6-12,15,21,26H,13-14,24H2,1-5H3,(H,25,27). The van der Waals surface area contributed by atoms with Crippen LogP contribution in [0.2, 0.25) is 0 Å². The number of benzene rings is 2. The molecule has 1 atom stereocenters. The van der Waals surface area contributed by atoms with Crippen LogP contribution in [0.1, 0.15) is 57.4 Å². The molecule has 0 aliphatic rings. The summed E-state index contributed by atoms with van der Waals surface area (Å²) in [5, 5.41) is 13.6. The SMILES string of the molecule is CC(C)COc1ccc(N)c(C(O)c2cccc(CNC(=O)OC(C)(C)C)c2)c1. The molecule has 0 aromatic heterocycles. The molecular formula is C23H32N2O4. The molecule has 0 heterocycles. The molecule has 6 nitrogen and oxygen atoms in total. The molecule has 0 spiro atoms. The van der Waals surface area contributed by atoms with E-state index in [0.717, 1.165) is 5.56 Å². The molecule has 2 aromatic rings. The molecule has 158 valence electrons. The van der Waals surface area contributed by atoms with E-state index in [2.05, 4.69) is 19.2 Å². The number of nitrogens with one attached hydrogen (secondary N) is 1. The van der Waals surface area contributed by atoms with Crippen LogP contribution < -0.4 is 15.8 Å². The molecule has 2 aromatic carbocycles. The van der Waals surface area contributed by atoms with Crippen LogP contribution in [-0.2, 0) is 11.3 Å². The lowest BCUT2D eigenvalue weighted by Crippen LogP contribution is -2.32. The van der Waals surface area contributed by atoms with Crippen LogP contribution in [-0.4, -0.2) is 23.4 Å². The molecule has 0 aliphatic carbocycles. The summed E-state index contributed by atoms with van der Waals surface area (Å²) in [7, 11) is 0. The summed E-state index contributed by atoms with van der Waals surface area (Å²) in [6.07, 6.45) is -1.39. The molecule has 0 radical (unpaired) electrons. The summed E-state index contributed by atoms with van der Waals surface area (Å²) in [5.41, 5.74) is 8.14. The van der Waals surface area contributed by atoms with Gasteiger partial charge in [-0.3, -0.25) is 0 Å². The van der Waals surface area contributed by atoms with Gasteiger partial charge in [-0.25, -0.2) is 4.79 Å². The van der Waals surface area contributed by atoms with E-state index in [4.69, 9.17) is 15.2 Å². The number of hydrogen-bond donors (Lipinski definition) is 3. The van der Waals surface area contributed by atoms with Crippen molar-refractivity contribution in [3.05, 3.63) is 59.2 Å². The largest absolute Gasteiger partial charge is 0.493 e. The molecule has 0 bridgehead atoms. The van der Waals surface area contributed by atoms with E-state index in [1.165, 1.54) is 0 Å². The van der Waals surface area contributed by atoms with Crippen LogP contribution in [0.4, 0.5) is 10.5 Å². The summed E-state index contributed by atoms with van der Waals surface area (Å²) in [6.45, 7) is 10.5. The van der Waals surface area contributed by atoms with Crippen molar-refractivity contribution < 1.29 is 19.4 Å². The number of aliphatic hydroxyl groups excluding tert-OH is 1. The van der Waals surface area contributed by atoms with Crippen molar-refractivity contribution in [3.8, 4) is 5.75 Å². The zero-order valence-corrected chi connectivity index (χ0v) is 17.9. The fourth-order valence-corrected chi connectivity index (χ4v) is 2.68. The van der Waals surface area contributed by atoms with Gasteiger partial charge in [-0.05, 0) is 56.0 Å². The van der Waals surface area contributed by atoms with Crippen LogP contribution in [0.5, 0.6) is 5.75 Å². The van der Waals surface area contributed by atoms with Crippen molar-refractivity contribution in [2.24, 2.45) is 5.92 Å². The second-order valence-corrected chi connectivity index (χ2v) is 8.50. The predicted octanol–water partition coefficient (Wildman–Crippen LogP) is 4.41. The Bertz CT molecular complexity index is 828. The molecule has 1 amide bonds. The number of anilines is 1. The third-order valence-corrected chi connectivity index (χ3v) is 4.04. The first-order valence-corrected chi connectivity index (χ1v) is 9.81. The number of nitrogen functional groups attached to an aromatic ring is 1. The maximum Gasteiger partial charge on any atom is 0.407 e. The molecule has 0 fully saturated rings. The van der Waals surface area contributed by atoms with Crippen molar-refractivity contribution in [1.82, 2.24) is 5.32 Å². The minimum Gasteiger partial charge on any atom is -0.493 e. The lowest BCUT2D eigenvalue weighted by Gasteiger charge is -2.20. The van der Waals surface area contributed by atoms with Gasteiger partial charge in [0.2, 0.25) is 0 Å². The summed E-state index contributed by atoms with van der Waals surface area (Å²) in [4.78, 5) is 11.9. The van der Waals surface area contributed by atoms with E-state index in [9.17, 15) is 9.90 Å². The van der Waals surface area contributed by atoms with Gasteiger partial charge in [-0.2, -0.15) is 0 Å². The number of rotatable bonds is 7. The number of amides is 1. The maximum absolute atomic E-state index is 11.9. The van der Waals surface area contributed by atoms with Crippen molar-refractivity contribution in [2.75, 3.05) is 12.3 Å². The fourth-order valence-electron chi connectivity index (χ4n) is 2.68. The predicted molar refractivity (Wildman–Crippen MR) is 115 cm³/mol. The van der Waals surface area contributed by atoms with Crippen LogP contribution in [0.25, 0.3) is 0 Å². The highest BCUT2D eigenvalue weighted by Gasteiger charge is 2.17. The van der Waals surface area contributed by atoms with E-state index in [0.29, 0.717) is 41.6 Å². The lowest BCUT2D eigenvalue weighted by atomic mass is 9.98. The van der Waals surface area contributed by atoms with Gasteiger partial charge in [0, 0.05) is 17.8 Å². The van der Waals surface area contributed by atoms with E-state index >= 15 is 0 Å². The Labute approximate surface area is 173 Å². The van der Waals surface area contributed by atoms with Gasteiger partial charge in [0.25, 0.3) is 0 Å². The highest BCUT2D eigenvalue weighted by molar-refractivity contribution is 5.67. The second kappa shape index (κ2) is 9.65. The molecule has 2 rings (SSSR count). The van der Waals surface area contributed by atoms with Crippen molar-refractivity contribution in [1.29, 1.82) is 0 Å². The minimum atomic E-state index is -0.904. The number of ether oxygens (including phenoxy) is 2. The van der Waals surface area contributed by atoms with Gasteiger partial charge < -0.3 is 25.6 Å². The molecule has 1 unspecified atom stereocenters. The third kappa shape index (κ3) is 7.31. The number of carbonyl (C=O) groups is 1. The van der Waals surface area contributed by atoms with E-state index in [-0.39, 0.29) is 0 Å². The first-order chi connectivity index (χ1) is 13.5. The third-order valence-electron chi connectivity index (χ3n) is 4.04. The van der Waals surface area contributed by atoms with Gasteiger partial charge >= 0.3 is 6.09 Å². The van der Waals surface area contributed by atoms with Crippen LogP contribution in [0, 0.1) is 5.92 Å². The van der Waals surface area contributed by atoms with E-state index < -0.39 is 17.8 Å². The van der Waals surface area contributed by atoms with Gasteiger partial charge in [-0.15, -0.1) is 0 Å². The van der Waals surface area contributed by atoms with Crippen molar-refractivity contribution >= 4 is 11.8 Å². The number of hydrogen-bond acceptors (Lipinski definition) is 5. The Hall–Kier alpha value is -2.73. The smallest absolute Gasteiger partial charge is 0.407 e. The molecule has 0 aliphatic heterocycles. The summed E-state index contributed by atoms with van der Waals surface area (Å²) in [5.74, 6) is 1.07. The molecule has 29 heavy (non-hydrogen) atoms. The summed E-state index contributed by atoms with van der Waals surface area (Å²) in [6, 6.07) is 12.7. The molecule has 0 saturated heterocycles. The van der Waals surface area contributed by atoms with Crippen molar-refractivity contribution in [2.45, 2.75) is 52.9 Å². The van der Waals surface area contributed by atoms with Gasteiger partial charge in [-0.1, -0.05) is 38.1 Å². The maximum atomic E-state index is 11.9. The Morgan fingerprint density at radius 2 is 1.90 bits per heavy atom.